The zero-order valence-electron chi connectivity index (χ0n) is 9.53. The van der Waals surface area contributed by atoms with E-state index in [1.807, 2.05) is 11.8 Å². The Morgan fingerprint density at radius 3 is 2.56 bits per heavy atom. The third kappa shape index (κ3) is 2.18. The molecule has 0 amide bonds. The Hall–Kier alpha value is -0.340. The van der Waals surface area contributed by atoms with Crippen molar-refractivity contribution < 1.29 is 29.6 Å². The molecule has 0 fully saturated rings. The normalized spacial score (nSPS) is 11.8. The second kappa shape index (κ2) is 4.89. The molecule has 0 aliphatic carbocycles. The van der Waals surface area contributed by atoms with Crippen molar-refractivity contribution in [3.8, 4) is 0 Å². The SMILES string of the molecule is Cc1ccc2c(c1)[CH-]c1ccccc1S2.[Na+]. The second-order valence-corrected chi connectivity index (χ2v) is 4.91. The van der Waals surface area contributed by atoms with Gasteiger partial charge in [0.25, 0.3) is 0 Å². The summed E-state index contributed by atoms with van der Waals surface area (Å²) in [5.41, 5.74) is 4.00. The summed E-state index contributed by atoms with van der Waals surface area (Å²) in [6.45, 7) is 2.14. The maximum absolute atomic E-state index is 2.27. The summed E-state index contributed by atoms with van der Waals surface area (Å²) < 4.78 is 0. The van der Waals surface area contributed by atoms with Crippen LogP contribution in [-0.4, -0.2) is 0 Å². The fourth-order valence-electron chi connectivity index (χ4n) is 1.85. The first-order chi connectivity index (χ1) is 7.33. The minimum atomic E-state index is 0. The Kier molecular flexibility index (Phi) is 3.70. The van der Waals surface area contributed by atoms with E-state index in [1.54, 1.807) is 0 Å². The molecule has 0 saturated heterocycles. The first kappa shape index (κ1) is 12.1. The Balaban J connectivity index is 0.000000963. The molecule has 0 bridgehead atoms. The van der Waals surface area contributed by atoms with Gasteiger partial charge in [-0.2, -0.15) is 11.8 Å². The summed E-state index contributed by atoms with van der Waals surface area (Å²) in [6.07, 6.45) is 2.27. The largest absolute Gasteiger partial charge is 1.00 e. The van der Waals surface area contributed by atoms with Crippen LogP contribution in [-0.2, 0) is 0 Å². The standard InChI is InChI=1S/C14H11S.Na/c1-10-6-7-14-12(8-10)9-11-4-2-3-5-13(11)15-14;/h2-9H,1H3;/q-1;+1. The van der Waals surface area contributed by atoms with Crippen LogP contribution in [0.2, 0.25) is 0 Å². The fraction of sp³-hybridized carbons (Fsp3) is 0.0714. The zero-order valence-corrected chi connectivity index (χ0v) is 12.3. The van der Waals surface area contributed by atoms with E-state index in [0.29, 0.717) is 0 Å². The van der Waals surface area contributed by atoms with Crippen LogP contribution in [0, 0.1) is 13.3 Å². The molecule has 1 aliphatic rings. The van der Waals surface area contributed by atoms with Gasteiger partial charge in [-0.3, -0.25) is 0 Å². The molecule has 0 nitrogen and oxygen atoms in total. The van der Waals surface area contributed by atoms with Crippen LogP contribution in [0.5, 0.6) is 0 Å². The van der Waals surface area contributed by atoms with Crippen molar-refractivity contribution in [3.05, 3.63) is 65.6 Å². The number of fused-ring (bicyclic) bond motifs is 2. The van der Waals surface area contributed by atoms with Gasteiger partial charge in [0.2, 0.25) is 0 Å². The fourth-order valence-corrected chi connectivity index (χ4v) is 2.85. The van der Waals surface area contributed by atoms with Crippen molar-refractivity contribution in [2.45, 2.75) is 16.7 Å². The average molecular weight is 234 g/mol. The van der Waals surface area contributed by atoms with E-state index in [1.165, 1.54) is 26.5 Å². The van der Waals surface area contributed by atoms with E-state index < -0.39 is 0 Å². The van der Waals surface area contributed by atoms with Crippen LogP contribution in [0.4, 0.5) is 0 Å². The van der Waals surface area contributed by atoms with Crippen LogP contribution >= 0.6 is 11.8 Å². The quantitative estimate of drug-likeness (QED) is 0.414. The minimum absolute atomic E-state index is 0. The van der Waals surface area contributed by atoms with Crippen molar-refractivity contribution in [1.82, 2.24) is 0 Å². The molecular formula is C14H11NaS. The summed E-state index contributed by atoms with van der Waals surface area (Å²) >= 11 is 1.86. The van der Waals surface area contributed by atoms with Gasteiger partial charge in [-0.1, -0.05) is 45.7 Å². The van der Waals surface area contributed by atoms with Crippen molar-refractivity contribution in [2.24, 2.45) is 0 Å². The van der Waals surface area contributed by atoms with Gasteiger partial charge in [-0.25, -0.2) is 0 Å². The predicted molar refractivity (Wildman–Crippen MR) is 64.2 cm³/mol. The van der Waals surface area contributed by atoms with Crippen LogP contribution in [0.15, 0.2) is 52.3 Å². The second-order valence-electron chi connectivity index (χ2n) is 3.83. The maximum atomic E-state index is 2.27. The van der Waals surface area contributed by atoms with E-state index in [0.717, 1.165) is 0 Å². The number of rotatable bonds is 0. The van der Waals surface area contributed by atoms with Gasteiger partial charge in [0.1, 0.15) is 0 Å². The molecule has 3 rings (SSSR count). The van der Waals surface area contributed by atoms with Crippen molar-refractivity contribution >= 4 is 11.8 Å². The van der Waals surface area contributed by atoms with Crippen LogP contribution in [0.3, 0.4) is 0 Å². The molecule has 0 aromatic heterocycles. The third-order valence-corrected chi connectivity index (χ3v) is 3.80. The Labute approximate surface area is 123 Å². The molecule has 1 heterocycles. The van der Waals surface area contributed by atoms with Crippen LogP contribution in [0.1, 0.15) is 16.7 Å². The monoisotopic (exact) mass is 234 g/mol. The molecule has 0 radical (unpaired) electrons. The molecule has 16 heavy (non-hydrogen) atoms. The molecule has 0 N–H and O–H groups in total. The first-order valence-corrected chi connectivity index (χ1v) is 5.87. The van der Waals surface area contributed by atoms with Crippen molar-refractivity contribution in [1.29, 1.82) is 0 Å². The summed E-state index contributed by atoms with van der Waals surface area (Å²) in [6, 6.07) is 15.2. The van der Waals surface area contributed by atoms with Gasteiger partial charge >= 0.3 is 29.6 Å². The van der Waals surface area contributed by atoms with Crippen molar-refractivity contribution in [2.75, 3.05) is 0 Å². The summed E-state index contributed by atoms with van der Waals surface area (Å²) in [5, 5.41) is 0. The van der Waals surface area contributed by atoms with Gasteiger partial charge in [0.15, 0.2) is 0 Å². The molecule has 74 valence electrons. The molecule has 2 heteroatoms. The molecular weight excluding hydrogens is 223 g/mol. The smallest absolute Gasteiger partial charge is 0.173 e. The molecule has 1 aliphatic heterocycles. The van der Waals surface area contributed by atoms with E-state index >= 15 is 0 Å². The average Bonchev–Trinajstić information content (AvgIpc) is 2.26. The number of aryl methyl sites for hydroxylation is 1. The van der Waals surface area contributed by atoms with Crippen LogP contribution < -0.4 is 29.6 Å². The number of hydrogen-bond donors (Lipinski definition) is 0. The Morgan fingerprint density at radius 2 is 1.69 bits per heavy atom. The van der Waals surface area contributed by atoms with Gasteiger partial charge < -0.3 is 0 Å². The summed E-state index contributed by atoms with van der Waals surface area (Å²) in [4.78, 5) is 2.72. The molecule has 0 unspecified atom stereocenters. The van der Waals surface area contributed by atoms with Gasteiger partial charge in [-0.05, 0) is 6.92 Å². The van der Waals surface area contributed by atoms with E-state index in [9.17, 15) is 0 Å². The zero-order chi connectivity index (χ0) is 10.3. The Bertz CT molecular complexity index is 520. The molecule has 0 spiro atoms. The van der Waals surface area contributed by atoms with Gasteiger partial charge in [-0.15, -0.1) is 29.7 Å². The first-order valence-electron chi connectivity index (χ1n) is 5.05. The number of hydrogen-bond acceptors (Lipinski definition) is 1. The molecule has 2 aromatic rings. The molecule has 0 saturated carbocycles. The van der Waals surface area contributed by atoms with E-state index in [4.69, 9.17) is 0 Å². The number of benzene rings is 2. The summed E-state index contributed by atoms with van der Waals surface area (Å²) in [7, 11) is 0. The van der Waals surface area contributed by atoms with Crippen molar-refractivity contribution in [3.63, 3.8) is 0 Å². The minimum Gasteiger partial charge on any atom is -0.173 e. The third-order valence-electron chi connectivity index (χ3n) is 2.62. The predicted octanol–water partition coefficient (Wildman–Crippen LogP) is 1.06. The Morgan fingerprint density at radius 1 is 0.938 bits per heavy atom. The van der Waals surface area contributed by atoms with Crippen LogP contribution in [0.25, 0.3) is 0 Å². The summed E-state index contributed by atoms with van der Waals surface area (Å²) in [5.74, 6) is 0. The topological polar surface area (TPSA) is 0 Å². The van der Waals surface area contributed by atoms with E-state index in [2.05, 4.69) is 55.8 Å². The van der Waals surface area contributed by atoms with E-state index in [-0.39, 0.29) is 29.6 Å². The molecule has 2 aromatic carbocycles. The van der Waals surface area contributed by atoms with Gasteiger partial charge in [0, 0.05) is 0 Å². The molecule has 0 atom stereocenters. The van der Waals surface area contributed by atoms with Gasteiger partial charge in [0.05, 0.1) is 0 Å². The maximum Gasteiger partial charge on any atom is 1.00 e.